The fourth-order valence-electron chi connectivity index (χ4n) is 5.31. The Morgan fingerprint density at radius 2 is 0.951 bits per heavy atom. The van der Waals surface area contributed by atoms with E-state index in [0.29, 0.717) is 11.5 Å². The molecule has 1 saturated carbocycles. The maximum atomic E-state index is 11.3. The largest absolute Gasteiger partial charge is 3.00 e. The van der Waals surface area contributed by atoms with Gasteiger partial charge in [0, 0.05) is 23.6 Å². The van der Waals surface area contributed by atoms with Gasteiger partial charge in [-0.25, -0.2) is 0 Å². The minimum absolute atomic E-state index is 0. The van der Waals surface area contributed by atoms with Crippen LogP contribution in [0.1, 0.15) is 89.5 Å². The number of nitrogens with zero attached hydrogens (tertiary/aromatic N) is 2. The van der Waals surface area contributed by atoms with Gasteiger partial charge in [0.25, 0.3) is 0 Å². The van der Waals surface area contributed by atoms with Gasteiger partial charge >= 0.3 is 16.8 Å². The SMILES string of the molecule is CC(C)(C)c1cc(C=N[C@@H]2CCCC[C@H]2N=Cc2cc(C(C)(C)C)cc([Si](C)(C)C)c2O)c(O)c([Si](C)(C)C)c1.[Co+3]. The fraction of sp³-hybridized carbons (Fsp3) is 0.588. The van der Waals surface area contributed by atoms with Crippen molar-refractivity contribution in [1.29, 1.82) is 0 Å². The number of aliphatic imine (C=N–C) groups is 2. The summed E-state index contributed by atoms with van der Waals surface area (Å²) in [6, 6.07) is 8.75. The second kappa shape index (κ2) is 12.9. The quantitative estimate of drug-likeness (QED) is 0.253. The van der Waals surface area contributed by atoms with E-state index in [4.69, 9.17) is 9.98 Å². The normalized spacial score (nSPS) is 19.1. The number of benzene rings is 2. The number of hydrogen-bond donors (Lipinski definition) is 2. The molecule has 3 rings (SSSR count). The van der Waals surface area contributed by atoms with Crippen LogP contribution < -0.4 is 10.4 Å². The summed E-state index contributed by atoms with van der Waals surface area (Å²) in [5.41, 5.74) is 4.06. The van der Waals surface area contributed by atoms with Gasteiger partial charge in [0.15, 0.2) is 0 Å². The summed E-state index contributed by atoms with van der Waals surface area (Å²) in [6.07, 6.45) is 8.02. The molecule has 41 heavy (non-hydrogen) atoms. The maximum absolute atomic E-state index is 11.3. The molecule has 0 aromatic heterocycles. The van der Waals surface area contributed by atoms with Crippen LogP contribution in [0.25, 0.3) is 0 Å². The zero-order chi connectivity index (χ0) is 30.3. The summed E-state index contributed by atoms with van der Waals surface area (Å²) in [5, 5.41) is 24.7. The first-order chi connectivity index (χ1) is 18.2. The molecule has 0 bridgehead atoms. The van der Waals surface area contributed by atoms with Crippen LogP contribution in [0.4, 0.5) is 0 Å². The van der Waals surface area contributed by atoms with E-state index in [9.17, 15) is 10.2 Å². The topological polar surface area (TPSA) is 65.2 Å². The predicted octanol–water partition coefficient (Wildman–Crippen LogP) is 7.63. The molecule has 226 valence electrons. The van der Waals surface area contributed by atoms with Crippen LogP contribution in [0.5, 0.6) is 11.5 Å². The van der Waals surface area contributed by atoms with E-state index in [1.807, 2.05) is 12.4 Å². The molecule has 2 N–H and O–H groups in total. The Hall–Kier alpha value is -1.68. The summed E-state index contributed by atoms with van der Waals surface area (Å²) in [6.45, 7) is 27.0. The van der Waals surface area contributed by atoms with Crippen molar-refractivity contribution in [3.8, 4) is 11.5 Å². The van der Waals surface area contributed by atoms with Crippen molar-refractivity contribution in [2.24, 2.45) is 9.98 Å². The van der Waals surface area contributed by atoms with Crippen LogP contribution in [0.2, 0.25) is 39.3 Å². The van der Waals surface area contributed by atoms with Gasteiger partial charge < -0.3 is 10.2 Å². The van der Waals surface area contributed by atoms with Crippen molar-refractivity contribution in [1.82, 2.24) is 0 Å². The van der Waals surface area contributed by atoms with Crippen molar-refractivity contribution >= 4 is 39.0 Å². The van der Waals surface area contributed by atoms with Crippen LogP contribution in [0.3, 0.4) is 0 Å². The van der Waals surface area contributed by atoms with Gasteiger partial charge in [-0.05, 0) is 57.3 Å². The molecule has 0 saturated heterocycles. The number of rotatable bonds is 6. The zero-order valence-corrected chi connectivity index (χ0v) is 30.6. The van der Waals surface area contributed by atoms with E-state index in [0.717, 1.165) is 47.2 Å². The molecule has 0 radical (unpaired) electrons. The first-order valence-electron chi connectivity index (χ1n) is 15.0. The molecule has 0 heterocycles. The Morgan fingerprint density at radius 3 is 1.22 bits per heavy atom. The molecular formula is C34H54CoN2O2Si2+3. The molecule has 7 heteroatoms. The molecule has 4 nitrogen and oxygen atoms in total. The van der Waals surface area contributed by atoms with Gasteiger partial charge in [-0.2, -0.15) is 0 Å². The van der Waals surface area contributed by atoms with Gasteiger partial charge in [0.1, 0.15) is 11.5 Å². The summed E-state index contributed by atoms with van der Waals surface area (Å²) in [7, 11) is -3.50. The minimum Gasteiger partial charge on any atom is -0.507 e. The van der Waals surface area contributed by atoms with Crippen molar-refractivity contribution in [2.75, 3.05) is 0 Å². The average Bonchev–Trinajstić information content (AvgIpc) is 2.80. The summed E-state index contributed by atoms with van der Waals surface area (Å²) in [4.78, 5) is 10.1. The van der Waals surface area contributed by atoms with Crippen LogP contribution in [-0.4, -0.2) is 50.9 Å². The van der Waals surface area contributed by atoms with E-state index in [-0.39, 0.29) is 39.7 Å². The molecule has 0 unspecified atom stereocenters. The summed E-state index contributed by atoms with van der Waals surface area (Å²) in [5.74, 6) is 0.768. The van der Waals surface area contributed by atoms with E-state index in [1.165, 1.54) is 11.1 Å². The Bertz CT molecular complexity index is 1180. The Kier molecular flexibility index (Phi) is 11.2. The van der Waals surface area contributed by atoms with Crippen molar-refractivity contribution in [2.45, 2.75) is 129 Å². The Morgan fingerprint density at radius 1 is 0.634 bits per heavy atom. The first kappa shape index (κ1) is 35.5. The van der Waals surface area contributed by atoms with E-state index in [1.54, 1.807) is 0 Å². The van der Waals surface area contributed by atoms with Gasteiger partial charge in [-0.3, -0.25) is 9.98 Å². The van der Waals surface area contributed by atoms with Gasteiger partial charge in [0.05, 0.1) is 28.2 Å². The third kappa shape index (κ3) is 8.91. The second-order valence-corrected chi connectivity index (χ2v) is 26.0. The second-order valence-electron chi connectivity index (χ2n) is 15.9. The summed E-state index contributed by atoms with van der Waals surface area (Å²) < 4.78 is 0. The molecule has 1 fully saturated rings. The van der Waals surface area contributed by atoms with Crippen LogP contribution in [0.15, 0.2) is 34.3 Å². The molecule has 0 amide bonds. The molecule has 0 aliphatic heterocycles. The van der Waals surface area contributed by atoms with Crippen LogP contribution in [-0.2, 0) is 27.6 Å². The minimum atomic E-state index is -1.75. The molecule has 2 atom stereocenters. The van der Waals surface area contributed by atoms with Crippen molar-refractivity contribution in [3.63, 3.8) is 0 Å². The molecule has 1 aliphatic carbocycles. The Balaban J connectivity index is 0.00000588. The molecule has 2 aromatic rings. The maximum Gasteiger partial charge on any atom is 3.00 e. The third-order valence-electron chi connectivity index (χ3n) is 8.13. The molecule has 2 aromatic carbocycles. The number of hydrogen-bond acceptors (Lipinski definition) is 4. The third-order valence-corrected chi connectivity index (χ3v) is 12.1. The number of phenolic OH excluding ortho intramolecular Hbond substituents is 2. The standard InChI is InChI=1S/C34H54N2O2Si2.Co/c1-33(2,3)25-17-23(31(37)29(19-25)39(7,8)9)21-35-27-15-13-14-16-28(27)36-22-24-18-26(34(4,5)6)20-30(32(24)38)40(10,11)12;/h17-22,27-28,37-38H,13-16H2,1-12H3;/q;+3/t27-,28-;/m1./s1. The van der Waals surface area contributed by atoms with Gasteiger partial charge in [-0.15, -0.1) is 0 Å². The molecular weight excluding hydrogens is 583 g/mol. The fourth-order valence-corrected chi connectivity index (χ4v) is 8.20. The van der Waals surface area contributed by atoms with Crippen LogP contribution >= 0.6 is 0 Å². The Labute approximate surface area is 262 Å². The number of phenols is 2. The monoisotopic (exact) mass is 637 g/mol. The molecule has 0 spiro atoms. The van der Waals surface area contributed by atoms with Crippen LogP contribution in [0, 0.1) is 0 Å². The summed E-state index contributed by atoms with van der Waals surface area (Å²) >= 11 is 0. The molecule has 1 aliphatic rings. The first-order valence-corrected chi connectivity index (χ1v) is 22.0. The van der Waals surface area contributed by atoms with E-state index < -0.39 is 16.1 Å². The zero-order valence-electron chi connectivity index (χ0n) is 27.6. The van der Waals surface area contributed by atoms with E-state index >= 15 is 0 Å². The smallest absolute Gasteiger partial charge is 0.507 e. The average molecular weight is 638 g/mol. The predicted molar refractivity (Wildman–Crippen MR) is 181 cm³/mol. The van der Waals surface area contributed by atoms with E-state index in [2.05, 4.69) is 105 Å². The van der Waals surface area contributed by atoms with Gasteiger partial charge in [0.2, 0.25) is 0 Å². The van der Waals surface area contributed by atoms with Gasteiger partial charge in [-0.1, -0.05) is 106 Å². The van der Waals surface area contributed by atoms with Crippen molar-refractivity contribution < 1.29 is 27.0 Å². The van der Waals surface area contributed by atoms with Crippen molar-refractivity contribution in [3.05, 3.63) is 46.5 Å². The number of aromatic hydroxyl groups is 2.